The summed E-state index contributed by atoms with van der Waals surface area (Å²) in [6.45, 7) is 12.3. The molecule has 0 aliphatic carbocycles. The number of hydrogen-bond acceptors (Lipinski definition) is 4. The Bertz CT molecular complexity index is 1050. The van der Waals surface area contributed by atoms with Crippen molar-refractivity contribution in [3.05, 3.63) is 64.9 Å². The van der Waals surface area contributed by atoms with Crippen LogP contribution in [0.25, 0.3) is 11.0 Å². The second kappa shape index (κ2) is 9.56. The Hall–Kier alpha value is -2.79. The van der Waals surface area contributed by atoms with E-state index in [0.717, 1.165) is 61.2 Å². The molecule has 1 aromatic heterocycles. The number of nitrogens with zero attached hydrogens (tertiary/aromatic N) is 2. The predicted octanol–water partition coefficient (Wildman–Crippen LogP) is 4.23. The van der Waals surface area contributed by atoms with Crippen LogP contribution in [0.4, 0.5) is 5.69 Å². The van der Waals surface area contributed by atoms with Gasteiger partial charge >= 0.3 is 0 Å². The van der Waals surface area contributed by atoms with E-state index in [-0.39, 0.29) is 5.91 Å². The van der Waals surface area contributed by atoms with Crippen LogP contribution in [0, 0.1) is 20.8 Å². The Morgan fingerprint density at radius 3 is 2.65 bits per heavy atom. The first kappa shape index (κ1) is 21.4. The first-order chi connectivity index (χ1) is 15.0. The molecule has 1 aliphatic heterocycles. The average molecular weight is 420 g/mol. The third kappa shape index (κ3) is 5.10. The van der Waals surface area contributed by atoms with Crippen LogP contribution >= 0.6 is 0 Å². The molecule has 0 unspecified atom stereocenters. The lowest BCUT2D eigenvalue weighted by Crippen LogP contribution is -2.47. The van der Waals surface area contributed by atoms with E-state index in [9.17, 15) is 4.79 Å². The van der Waals surface area contributed by atoms with Gasteiger partial charge in [0.05, 0.1) is 12.7 Å². The number of amides is 1. The van der Waals surface area contributed by atoms with Crippen LogP contribution in [0.1, 0.15) is 28.7 Å². The maximum atomic E-state index is 12.4. The zero-order valence-electron chi connectivity index (χ0n) is 18.9. The molecule has 2 aromatic carbocycles. The molecule has 3 aromatic rings. The highest BCUT2D eigenvalue weighted by Crippen LogP contribution is 2.26. The molecule has 164 valence electrons. The Morgan fingerprint density at radius 2 is 1.87 bits per heavy atom. The van der Waals surface area contributed by atoms with Gasteiger partial charge in [-0.05, 0) is 62.6 Å². The maximum absolute atomic E-state index is 12.4. The number of piperazine rings is 1. The highest BCUT2D eigenvalue weighted by atomic mass is 16.3. The van der Waals surface area contributed by atoms with Gasteiger partial charge < -0.3 is 14.6 Å². The Labute approximate surface area is 185 Å². The molecule has 0 atom stereocenters. The Kier molecular flexibility index (Phi) is 6.62. The van der Waals surface area contributed by atoms with E-state index < -0.39 is 0 Å². The SMILES string of the molecule is Cc1cccc(N2CCN(CCCNC(=O)Cc3coc4c(C)c(C)ccc34)CC2)c1. The smallest absolute Gasteiger partial charge is 0.224 e. The fraction of sp³-hybridized carbons (Fsp3) is 0.423. The van der Waals surface area contributed by atoms with Gasteiger partial charge in [0.2, 0.25) is 5.91 Å². The van der Waals surface area contributed by atoms with Crippen molar-refractivity contribution in [2.45, 2.75) is 33.6 Å². The number of carbonyl (C=O) groups is 1. The van der Waals surface area contributed by atoms with Crippen molar-refractivity contribution < 1.29 is 9.21 Å². The van der Waals surface area contributed by atoms with Crippen molar-refractivity contribution in [1.82, 2.24) is 10.2 Å². The van der Waals surface area contributed by atoms with Crippen molar-refractivity contribution in [3.8, 4) is 0 Å². The zero-order valence-corrected chi connectivity index (χ0v) is 18.9. The number of anilines is 1. The number of aryl methyl sites for hydroxylation is 3. The Morgan fingerprint density at radius 1 is 1.06 bits per heavy atom. The summed E-state index contributed by atoms with van der Waals surface area (Å²) in [5, 5.41) is 4.12. The predicted molar refractivity (Wildman–Crippen MR) is 127 cm³/mol. The minimum Gasteiger partial charge on any atom is -0.464 e. The summed E-state index contributed by atoms with van der Waals surface area (Å²) in [6, 6.07) is 12.9. The minimum atomic E-state index is 0.0604. The number of fused-ring (bicyclic) bond motifs is 1. The highest BCUT2D eigenvalue weighted by molar-refractivity contribution is 5.89. The van der Waals surface area contributed by atoms with Crippen molar-refractivity contribution in [2.24, 2.45) is 0 Å². The van der Waals surface area contributed by atoms with E-state index in [2.05, 4.69) is 72.3 Å². The summed E-state index contributed by atoms with van der Waals surface area (Å²) in [5.74, 6) is 0.0604. The molecule has 0 radical (unpaired) electrons. The van der Waals surface area contributed by atoms with Crippen LogP contribution in [0.15, 0.2) is 47.1 Å². The molecule has 0 bridgehead atoms. The van der Waals surface area contributed by atoms with E-state index in [1.54, 1.807) is 6.26 Å². The van der Waals surface area contributed by atoms with Gasteiger partial charge in [-0.1, -0.05) is 24.3 Å². The molecular formula is C26H33N3O2. The average Bonchev–Trinajstić information content (AvgIpc) is 3.17. The molecule has 31 heavy (non-hydrogen) atoms. The van der Waals surface area contributed by atoms with E-state index in [1.165, 1.54) is 16.8 Å². The summed E-state index contributed by atoms with van der Waals surface area (Å²) in [7, 11) is 0. The molecule has 1 fully saturated rings. The molecule has 2 heterocycles. The van der Waals surface area contributed by atoms with Crippen molar-refractivity contribution in [2.75, 3.05) is 44.2 Å². The van der Waals surface area contributed by atoms with Crippen molar-refractivity contribution in [1.29, 1.82) is 0 Å². The molecule has 1 amide bonds. The maximum Gasteiger partial charge on any atom is 0.224 e. The number of rotatable bonds is 7. The summed E-state index contributed by atoms with van der Waals surface area (Å²) in [4.78, 5) is 17.4. The summed E-state index contributed by atoms with van der Waals surface area (Å²) in [6.07, 6.45) is 3.07. The van der Waals surface area contributed by atoms with Crippen LogP contribution in [0.3, 0.4) is 0 Å². The van der Waals surface area contributed by atoms with E-state index in [4.69, 9.17) is 4.42 Å². The second-order valence-electron chi connectivity index (χ2n) is 8.69. The standard InChI is InChI=1S/C26H33N3O2/c1-19-6-4-7-23(16-19)29-14-12-28(13-15-29)11-5-10-27-25(30)17-22-18-31-26-21(3)20(2)8-9-24(22)26/h4,6-9,16,18H,5,10-15,17H2,1-3H3,(H,27,30). The molecule has 1 saturated heterocycles. The largest absolute Gasteiger partial charge is 0.464 e. The summed E-state index contributed by atoms with van der Waals surface area (Å²) in [5.41, 5.74) is 6.84. The van der Waals surface area contributed by atoms with Gasteiger partial charge in [-0.3, -0.25) is 9.69 Å². The topological polar surface area (TPSA) is 48.7 Å². The first-order valence-corrected chi connectivity index (χ1v) is 11.3. The number of benzene rings is 2. The van der Waals surface area contributed by atoms with Crippen LogP contribution in [0.2, 0.25) is 0 Å². The quantitative estimate of drug-likeness (QED) is 0.582. The van der Waals surface area contributed by atoms with Crippen molar-refractivity contribution >= 4 is 22.6 Å². The van der Waals surface area contributed by atoms with Crippen molar-refractivity contribution in [3.63, 3.8) is 0 Å². The van der Waals surface area contributed by atoms with Crippen LogP contribution in [0.5, 0.6) is 0 Å². The van der Waals surface area contributed by atoms with Crippen LogP contribution < -0.4 is 10.2 Å². The lowest BCUT2D eigenvalue weighted by atomic mass is 10.0. The lowest BCUT2D eigenvalue weighted by molar-refractivity contribution is -0.120. The van der Waals surface area contributed by atoms with Gasteiger partial charge in [-0.2, -0.15) is 0 Å². The second-order valence-corrected chi connectivity index (χ2v) is 8.69. The molecule has 4 rings (SSSR count). The van der Waals surface area contributed by atoms with Gasteiger partial charge in [0.1, 0.15) is 5.58 Å². The van der Waals surface area contributed by atoms with Gasteiger partial charge in [0.25, 0.3) is 0 Å². The highest BCUT2D eigenvalue weighted by Gasteiger charge is 2.17. The van der Waals surface area contributed by atoms with E-state index in [1.807, 2.05) is 0 Å². The lowest BCUT2D eigenvalue weighted by Gasteiger charge is -2.36. The molecule has 1 N–H and O–H groups in total. The van der Waals surface area contributed by atoms with E-state index in [0.29, 0.717) is 13.0 Å². The van der Waals surface area contributed by atoms with Gasteiger partial charge in [0.15, 0.2) is 0 Å². The third-order valence-electron chi connectivity index (χ3n) is 6.41. The molecule has 0 saturated carbocycles. The van der Waals surface area contributed by atoms with Gasteiger partial charge in [0, 0.05) is 49.4 Å². The molecule has 5 heteroatoms. The van der Waals surface area contributed by atoms with Crippen LogP contribution in [-0.4, -0.2) is 50.1 Å². The fourth-order valence-corrected chi connectivity index (χ4v) is 4.35. The zero-order chi connectivity index (χ0) is 21.8. The van der Waals surface area contributed by atoms with E-state index >= 15 is 0 Å². The summed E-state index contributed by atoms with van der Waals surface area (Å²) < 4.78 is 5.72. The number of hydrogen-bond donors (Lipinski definition) is 1. The molecule has 0 spiro atoms. The number of carbonyl (C=O) groups excluding carboxylic acids is 1. The number of nitrogens with one attached hydrogen (secondary N) is 1. The molecule has 1 aliphatic rings. The monoisotopic (exact) mass is 419 g/mol. The summed E-state index contributed by atoms with van der Waals surface area (Å²) >= 11 is 0. The fourth-order valence-electron chi connectivity index (χ4n) is 4.35. The number of furan rings is 1. The first-order valence-electron chi connectivity index (χ1n) is 11.3. The minimum absolute atomic E-state index is 0.0604. The van der Waals surface area contributed by atoms with Crippen LogP contribution in [-0.2, 0) is 11.2 Å². The molecular weight excluding hydrogens is 386 g/mol. The molecule has 5 nitrogen and oxygen atoms in total. The normalized spacial score (nSPS) is 14.9. The van der Waals surface area contributed by atoms with Gasteiger partial charge in [-0.25, -0.2) is 0 Å². The van der Waals surface area contributed by atoms with Gasteiger partial charge in [-0.15, -0.1) is 0 Å². The third-order valence-corrected chi connectivity index (χ3v) is 6.41. The Balaban J connectivity index is 1.18.